The van der Waals surface area contributed by atoms with Gasteiger partial charge in [-0.1, -0.05) is 6.07 Å². The Morgan fingerprint density at radius 2 is 1.94 bits per heavy atom. The first-order chi connectivity index (χ1) is 8.83. The molecule has 1 aromatic rings. The van der Waals surface area contributed by atoms with E-state index in [0.717, 1.165) is 30.5 Å². The van der Waals surface area contributed by atoms with Crippen LogP contribution in [0.15, 0.2) is 18.2 Å². The van der Waals surface area contributed by atoms with Crippen molar-refractivity contribution in [2.45, 2.75) is 33.2 Å². The van der Waals surface area contributed by atoms with Gasteiger partial charge in [0.05, 0.1) is 13.2 Å². The van der Waals surface area contributed by atoms with Gasteiger partial charge in [0.1, 0.15) is 11.5 Å². The molecular weight excluding hydrogens is 226 g/mol. The molecule has 0 aromatic heterocycles. The number of rotatable bonds is 8. The maximum atomic E-state index is 5.68. The molecule has 0 radical (unpaired) electrons. The van der Waals surface area contributed by atoms with E-state index in [-0.39, 0.29) is 0 Å². The molecule has 18 heavy (non-hydrogen) atoms. The van der Waals surface area contributed by atoms with E-state index in [4.69, 9.17) is 9.47 Å². The Morgan fingerprint density at radius 1 is 1.17 bits per heavy atom. The van der Waals surface area contributed by atoms with Crippen LogP contribution in [0.5, 0.6) is 11.5 Å². The van der Waals surface area contributed by atoms with Crippen LogP contribution in [0.25, 0.3) is 0 Å². The van der Waals surface area contributed by atoms with Gasteiger partial charge in [0.25, 0.3) is 0 Å². The molecule has 1 aromatic carbocycles. The van der Waals surface area contributed by atoms with Crippen molar-refractivity contribution in [1.29, 1.82) is 0 Å². The lowest BCUT2D eigenvalue weighted by atomic mass is 10.2. The lowest BCUT2D eigenvalue weighted by Gasteiger charge is -2.13. The summed E-state index contributed by atoms with van der Waals surface area (Å²) in [4.78, 5) is 0. The molecule has 0 atom stereocenters. The summed E-state index contributed by atoms with van der Waals surface area (Å²) in [5, 5.41) is 3.49. The van der Waals surface area contributed by atoms with Crippen molar-refractivity contribution in [3.8, 4) is 11.5 Å². The van der Waals surface area contributed by atoms with Gasteiger partial charge < -0.3 is 14.8 Å². The molecule has 1 saturated carbocycles. The summed E-state index contributed by atoms with van der Waals surface area (Å²) in [5.41, 5.74) is 1.21. The normalized spacial score (nSPS) is 14.6. The summed E-state index contributed by atoms with van der Waals surface area (Å²) in [6.07, 6.45) is 2.77. The molecule has 0 heterocycles. The topological polar surface area (TPSA) is 30.5 Å². The summed E-state index contributed by atoms with van der Waals surface area (Å²) in [6, 6.07) is 6.09. The molecule has 3 heteroatoms. The highest BCUT2D eigenvalue weighted by Gasteiger charge is 2.20. The zero-order valence-electron chi connectivity index (χ0n) is 11.4. The minimum absolute atomic E-state index is 0.685. The van der Waals surface area contributed by atoms with Crippen molar-refractivity contribution in [2.24, 2.45) is 5.92 Å². The molecule has 0 aliphatic heterocycles. The second kappa shape index (κ2) is 6.64. The third-order valence-electron chi connectivity index (χ3n) is 3.09. The maximum Gasteiger partial charge on any atom is 0.127 e. The number of ether oxygens (including phenoxy) is 2. The third-order valence-corrected chi connectivity index (χ3v) is 3.09. The van der Waals surface area contributed by atoms with Gasteiger partial charge in [-0.3, -0.25) is 0 Å². The molecule has 0 spiro atoms. The van der Waals surface area contributed by atoms with Crippen LogP contribution in [0.2, 0.25) is 0 Å². The van der Waals surface area contributed by atoms with Gasteiger partial charge >= 0.3 is 0 Å². The molecule has 0 unspecified atom stereocenters. The molecule has 0 amide bonds. The Bertz CT molecular complexity index is 375. The molecule has 1 fully saturated rings. The second-order valence-corrected chi connectivity index (χ2v) is 4.71. The molecule has 3 nitrogen and oxygen atoms in total. The SMILES string of the molecule is CCOc1ccc(CNCC2CC2)c(OCC)c1. The van der Waals surface area contributed by atoms with E-state index in [9.17, 15) is 0 Å². The van der Waals surface area contributed by atoms with Gasteiger partial charge in [-0.05, 0) is 45.2 Å². The molecule has 1 aliphatic rings. The molecular formula is C15H23NO2. The minimum Gasteiger partial charge on any atom is -0.494 e. The average Bonchev–Trinajstić information content (AvgIpc) is 3.17. The smallest absolute Gasteiger partial charge is 0.127 e. The predicted octanol–water partition coefficient (Wildman–Crippen LogP) is 2.98. The Balaban J connectivity index is 1.96. The van der Waals surface area contributed by atoms with Crippen molar-refractivity contribution in [3.63, 3.8) is 0 Å². The van der Waals surface area contributed by atoms with Crippen LogP contribution in [0, 0.1) is 5.92 Å². The highest BCUT2D eigenvalue weighted by Crippen LogP contribution is 2.28. The molecule has 0 bridgehead atoms. The van der Waals surface area contributed by atoms with Crippen LogP contribution in [0.4, 0.5) is 0 Å². The van der Waals surface area contributed by atoms with Crippen LogP contribution in [0.3, 0.4) is 0 Å². The monoisotopic (exact) mass is 249 g/mol. The maximum absolute atomic E-state index is 5.68. The Labute approximate surface area is 109 Å². The van der Waals surface area contributed by atoms with Gasteiger partial charge in [0.15, 0.2) is 0 Å². The number of benzene rings is 1. The first-order valence-electron chi connectivity index (χ1n) is 6.92. The first kappa shape index (κ1) is 13.2. The lowest BCUT2D eigenvalue weighted by molar-refractivity contribution is 0.320. The summed E-state index contributed by atoms with van der Waals surface area (Å²) in [6.45, 7) is 7.37. The zero-order chi connectivity index (χ0) is 12.8. The quantitative estimate of drug-likeness (QED) is 0.768. The first-order valence-corrected chi connectivity index (χ1v) is 6.92. The van der Waals surface area contributed by atoms with Crippen molar-refractivity contribution < 1.29 is 9.47 Å². The highest BCUT2D eigenvalue weighted by molar-refractivity contribution is 5.40. The van der Waals surface area contributed by atoms with Gasteiger partial charge in [0, 0.05) is 18.2 Å². The van der Waals surface area contributed by atoms with Crippen molar-refractivity contribution >= 4 is 0 Å². The Morgan fingerprint density at radius 3 is 2.61 bits per heavy atom. The van der Waals surface area contributed by atoms with Crippen LogP contribution in [0.1, 0.15) is 32.3 Å². The van der Waals surface area contributed by atoms with E-state index in [0.29, 0.717) is 13.2 Å². The van der Waals surface area contributed by atoms with E-state index >= 15 is 0 Å². The average molecular weight is 249 g/mol. The second-order valence-electron chi connectivity index (χ2n) is 4.71. The molecule has 0 saturated heterocycles. The fraction of sp³-hybridized carbons (Fsp3) is 0.600. The van der Waals surface area contributed by atoms with Crippen molar-refractivity contribution in [1.82, 2.24) is 5.32 Å². The van der Waals surface area contributed by atoms with E-state index in [1.54, 1.807) is 0 Å². The summed E-state index contributed by atoms with van der Waals surface area (Å²) in [7, 11) is 0. The standard InChI is InChI=1S/C15H23NO2/c1-3-17-14-8-7-13(15(9-14)18-4-2)11-16-10-12-5-6-12/h7-9,12,16H,3-6,10-11H2,1-2H3. The number of hydrogen-bond donors (Lipinski definition) is 1. The fourth-order valence-electron chi connectivity index (χ4n) is 1.96. The lowest BCUT2D eigenvalue weighted by Crippen LogP contribution is -2.16. The van der Waals surface area contributed by atoms with Gasteiger partial charge in [0.2, 0.25) is 0 Å². The Kier molecular flexibility index (Phi) is 4.88. The third kappa shape index (κ3) is 3.91. The molecule has 1 aliphatic carbocycles. The summed E-state index contributed by atoms with van der Waals surface area (Å²) in [5.74, 6) is 2.72. The molecule has 100 valence electrons. The Hall–Kier alpha value is -1.22. The highest BCUT2D eigenvalue weighted by atomic mass is 16.5. The number of nitrogens with one attached hydrogen (secondary N) is 1. The van der Waals surface area contributed by atoms with E-state index in [2.05, 4.69) is 11.4 Å². The summed E-state index contributed by atoms with van der Waals surface area (Å²) < 4.78 is 11.2. The van der Waals surface area contributed by atoms with Crippen LogP contribution < -0.4 is 14.8 Å². The molecule has 2 rings (SSSR count). The van der Waals surface area contributed by atoms with Gasteiger partial charge in [-0.15, -0.1) is 0 Å². The van der Waals surface area contributed by atoms with E-state index < -0.39 is 0 Å². The van der Waals surface area contributed by atoms with Crippen LogP contribution in [-0.4, -0.2) is 19.8 Å². The number of hydrogen-bond acceptors (Lipinski definition) is 3. The van der Waals surface area contributed by atoms with E-state index in [1.807, 2.05) is 26.0 Å². The summed E-state index contributed by atoms with van der Waals surface area (Å²) >= 11 is 0. The van der Waals surface area contributed by atoms with Gasteiger partial charge in [-0.2, -0.15) is 0 Å². The fourth-order valence-corrected chi connectivity index (χ4v) is 1.96. The van der Waals surface area contributed by atoms with Crippen molar-refractivity contribution in [2.75, 3.05) is 19.8 Å². The molecule has 1 N–H and O–H groups in total. The predicted molar refractivity (Wildman–Crippen MR) is 73.2 cm³/mol. The van der Waals surface area contributed by atoms with Gasteiger partial charge in [-0.25, -0.2) is 0 Å². The zero-order valence-corrected chi connectivity index (χ0v) is 11.4. The van der Waals surface area contributed by atoms with Crippen LogP contribution in [-0.2, 0) is 6.54 Å². The largest absolute Gasteiger partial charge is 0.494 e. The van der Waals surface area contributed by atoms with Crippen LogP contribution >= 0.6 is 0 Å². The minimum atomic E-state index is 0.685. The van der Waals surface area contributed by atoms with E-state index in [1.165, 1.54) is 18.4 Å². The van der Waals surface area contributed by atoms with Crippen molar-refractivity contribution in [3.05, 3.63) is 23.8 Å².